The third-order valence-corrected chi connectivity index (χ3v) is 4.54. The van der Waals surface area contributed by atoms with E-state index < -0.39 is 10.7 Å². The Kier molecular flexibility index (Phi) is 5.63. The van der Waals surface area contributed by atoms with Crippen molar-refractivity contribution in [1.29, 1.82) is 0 Å². The highest BCUT2D eigenvalue weighted by atomic mass is 79.9. The number of halogens is 2. The van der Waals surface area contributed by atoms with E-state index in [0.29, 0.717) is 10.9 Å². The largest absolute Gasteiger partial charge is 0.481 e. The van der Waals surface area contributed by atoms with Gasteiger partial charge < -0.3 is 4.74 Å². The molecule has 0 aliphatic carbocycles. The van der Waals surface area contributed by atoms with E-state index in [1.807, 2.05) is 42.5 Å². The first kappa shape index (κ1) is 18.1. The molecule has 0 atom stereocenters. The van der Waals surface area contributed by atoms with Crippen molar-refractivity contribution in [3.05, 3.63) is 93.8 Å². The third kappa shape index (κ3) is 3.75. The van der Waals surface area contributed by atoms with E-state index in [-0.39, 0.29) is 23.6 Å². The number of nitrogens with zero attached hydrogens (tertiary/aromatic N) is 1. The molecule has 0 heterocycles. The Bertz CT molecular complexity index is 932. The summed E-state index contributed by atoms with van der Waals surface area (Å²) in [6.45, 7) is 0.106. The van der Waals surface area contributed by atoms with E-state index in [9.17, 15) is 14.5 Å². The summed E-state index contributed by atoms with van der Waals surface area (Å²) < 4.78 is 20.5. The number of rotatable bonds is 6. The van der Waals surface area contributed by atoms with Crippen LogP contribution in [0.3, 0.4) is 0 Å². The minimum atomic E-state index is -0.563. The van der Waals surface area contributed by atoms with Gasteiger partial charge in [0.05, 0.1) is 10.5 Å². The first-order valence-corrected chi connectivity index (χ1v) is 9.02. The van der Waals surface area contributed by atoms with Crippen LogP contribution >= 0.6 is 15.9 Å². The molecule has 4 nitrogen and oxygen atoms in total. The Morgan fingerprint density at radius 3 is 2.38 bits per heavy atom. The van der Waals surface area contributed by atoms with Crippen molar-refractivity contribution in [2.24, 2.45) is 0 Å². The van der Waals surface area contributed by atoms with Crippen LogP contribution in [0.4, 0.5) is 10.1 Å². The molecule has 132 valence electrons. The van der Waals surface area contributed by atoms with Crippen LogP contribution in [0.25, 0.3) is 11.1 Å². The zero-order valence-corrected chi connectivity index (χ0v) is 15.3. The second kappa shape index (κ2) is 8.10. The van der Waals surface area contributed by atoms with Gasteiger partial charge in [0.1, 0.15) is 12.4 Å². The highest BCUT2D eigenvalue weighted by Gasteiger charge is 2.25. The SMILES string of the molecule is O=[N+]([O-])c1ccc(F)c(-c2ccccc2CBr)c1OCc1ccccc1. The molecule has 0 unspecified atom stereocenters. The average molecular weight is 416 g/mol. The number of alkyl halides is 1. The van der Waals surface area contributed by atoms with Crippen LogP contribution in [0.1, 0.15) is 11.1 Å². The van der Waals surface area contributed by atoms with E-state index >= 15 is 0 Å². The highest BCUT2D eigenvalue weighted by molar-refractivity contribution is 9.08. The van der Waals surface area contributed by atoms with Crippen LogP contribution in [0, 0.1) is 15.9 Å². The summed E-state index contributed by atoms with van der Waals surface area (Å²) in [6.07, 6.45) is 0. The summed E-state index contributed by atoms with van der Waals surface area (Å²) in [5.41, 5.74) is 2.06. The lowest BCUT2D eigenvalue weighted by atomic mass is 9.98. The molecule has 0 fully saturated rings. The Labute approximate surface area is 158 Å². The van der Waals surface area contributed by atoms with Crippen LogP contribution in [-0.4, -0.2) is 4.92 Å². The predicted molar refractivity (Wildman–Crippen MR) is 102 cm³/mol. The van der Waals surface area contributed by atoms with Gasteiger partial charge in [0.2, 0.25) is 5.75 Å². The van der Waals surface area contributed by atoms with Gasteiger partial charge in [-0.15, -0.1) is 0 Å². The first-order valence-electron chi connectivity index (χ1n) is 7.89. The number of hydrogen-bond acceptors (Lipinski definition) is 3. The summed E-state index contributed by atoms with van der Waals surface area (Å²) in [6, 6.07) is 18.7. The molecular formula is C20H15BrFNO3. The van der Waals surface area contributed by atoms with Gasteiger partial charge in [0, 0.05) is 11.4 Å². The van der Waals surface area contributed by atoms with Crippen molar-refractivity contribution in [3.63, 3.8) is 0 Å². The Balaban J connectivity index is 2.13. The molecule has 0 saturated carbocycles. The minimum absolute atomic E-state index is 0.0627. The minimum Gasteiger partial charge on any atom is -0.481 e. The molecule has 0 amide bonds. The van der Waals surface area contributed by atoms with Crippen molar-refractivity contribution in [1.82, 2.24) is 0 Å². The van der Waals surface area contributed by atoms with Gasteiger partial charge in [-0.1, -0.05) is 70.5 Å². The topological polar surface area (TPSA) is 52.4 Å². The second-order valence-electron chi connectivity index (χ2n) is 5.59. The number of nitro benzene ring substituents is 1. The monoisotopic (exact) mass is 415 g/mol. The lowest BCUT2D eigenvalue weighted by molar-refractivity contribution is -0.385. The van der Waals surface area contributed by atoms with Crippen molar-refractivity contribution >= 4 is 21.6 Å². The Morgan fingerprint density at radius 2 is 1.69 bits per heavy atom. The summed E-state index contributed by atoms with van der Waals surface area (Å²) >= 11 is 3.38. The van der Waals surface area contributed by atoms with Crippen molar-refractivity contribution in [3.8, 4) is 16.9 Å². The molecule has 0 saturated heterocycles. The Morgan fingerprint density at radius 1 is 1.00 bits per heavy atom. The third-order valence-electron chi connectivity index (χ3n) is 3.94. The fraction of sp³-hybridized carbons (Fsp3) is 0.100. The van der Waals surface area contributed by atoms with E-state index in [1.165, 1.54) is 0 Å². The summed E-state index contributed by atoms with van der Waals surface area (Å²) in [5, 5.41) is 12.0. The molecule has 0 aromatic heterocycles. The fourth-order valence-electron chi connectivity index (χ4n) is 2.70. The van der Waals surface area contributed by atoms with Gasteiger partial charge in [-0.05, 0) is 22.8 Å². The lowest BCUT2D eigenvalue weighted by Gasteiger charge is -2.15. The molecule has 0 radical (unpaired) electrons. The number of ether oxygens (including phenoxy) is 1. The second-order valence-corrected chi connectivity index (χ2v) is 6.15. The lowest BCUT2D eigenvalue weighted by Crippen LogP contribution is -2.03. The number of nitro groups is 1. The normalized spacial score (nSPS) is 10.5. The van der Waals surface area contributed by atoms with Crippen molar-refractivity contribution < 1.29 is 14.1 Å². The molecule has 3 rings (SSSR count). The smallest absolute Gasteiger partial charge is 0.311 e. The number of benzene rings is 3. The molecule has 6 heteroatoms. The molecule has 0 N–H and O–H groups in total. The van der Waals surface area contributed by atoms with Gasteiger partial charge in [0.15, 0.2) is 0 Å². The predicted octanol–water partition coefficient (Wildman–Crippen LogP) is 5.87. The molecule has 0 spiro atoms. The zero-order chi connectivity index (χ0) is 18.5. The number of hydrogen-bond donors (Lipinski definition) is 0. The van der Waals surface area contributed by atoms with Gasteiger partial charge in [-0.25, -0.2) is 4.39 Å². The van der Waals surface area contributed by atoms with Crippen LogP contribution in [-0.2, 0) is 11.9 Å². The molecule has 0 aliphatic heterocycles. The summed E-state index contributed by atoms with van der Waals surface area (Å²) in [7, 11) is 0. The molecule has 26 heavy (non-hydrogen) atoms. The van der Waals surface area contributed by atoms with Crippen LogP contribution < -0.4 is 4.74 Å². The van der Waals surface area contributed by atoms with Crippen molar-refractivity contribution in [2.75, 3.05) is 0 Å². The van der Waals surface area contributed by atoms with Crippen LogP contribution in [0.2, 0.25) is 0 Å². The maximum absolute atomic E-state index is 14.7. The van der Waals surface area contributed by atoms with E-state index in [2.05, 4.69) is 15.9 Å². The van der Waals surface area contributed by atoms with Gasteiger partial charge in [-0.3, -0.25) is 10.1 Å². The molecule has 3 aromatic rings. The molecule has 3 aromatic carbocycles. The quantitative estimate of drug-likeness (QED) is 0.287. The fourth-order valence-corrected chi connectivity index (χ4v) is 3.19. The molecular weight excluding hydrogens is 401 g/mol. The van der Waals surface area contributed by atoms with E-state index in [0.717, 1.165) is 23.3 Å². The Hall–Kier alpha value is -2.73. The highest BCUT2D eigenvalue weighted by Crippen LogP contribution is 2.42. The van der Waals surface area contributed by atoms with Crippen molar-refractivity contribution in [2.45, 2.75) is 11.9 Å². The standard InChI is InChI=1S/C20H15BrFNO3/c21-12-15-8-4-5-9-16(15)19-17(22)10-11-18(23(24)25)20(19)26-13-14-6-2-1-3-7-14/h1-11H,12-13H2. The first-order chi connectivity index (χ1) is 12.6. The van der Waals surface area contributed by atoms with E-state index in [4.69, 9.17) is 4.74 Å². The van der Waals surface area contributed by atoms with Crippen LogP contribution in [0.5, 0.6) is 5.75 Å². The van der Waals surface area contributed by atoms with Crippen LogP contribution in [0.15, 0.2) is 66.7 Å². The maximum Gasteiger partial charge on any atom is 0.311 e. The molecule has 0 bridgehead atoms. The van der Waals surface area contributed by atoms with Gasteiger partial charge in [0.25, 0.3) is 0 Å². The molecule has 0 aliphatic rings. The van der Waals surface area contributed by atoms with Gasteiger partial charge >= 0.3 is 5.69 Å². The zero-order valence-electron chi connectivity index (χ0n) is 13.7. The summed E-state index contributed by atoms with van der Waals surface area (Å²) in [5.74, 6) is -0.626. The summed E-state index contributed by atoms with van der Waals surface area (Å²) in [4.78, 5) is 10.9. The average Bonchev–Trinajstić information content (AvgIpc) is 2.67. The maximum atomic E-state index is 14.7. The van der Waals surface area contributed by atoms with Gasteiger partial charge in [-0.2, -0.15) is 0 Å². The van der Waals surface area contributed by atoms with E-state index in [1.54, 1.807) is 12.1 Å².